The number of hydrogen-bond donors (Lipinski definition) is 1. The molecule has 1 N–H and O–H groups in total. The molecule has 0 saturated heterocycles. The number of aromatic nitrogens is 2. The van der Waals surface area contributed by atoms with Crippen LogP contribution in [0.5, 0.6) is 0 Å². The van der Waals surface area contributed by atoms with Crippen LogP contribution in [0.4, 0.5) is 5.82 Å². The van der Waals surface area contributed by atoms with E-state index in [0.29, 0.717) is 5.82 Å². The van der Waals surface area contributed by atoms with Gasteiger partial charge >= 0.3 is 5.97 Å². The van der Waals surface area contributed by atoms with Gasteiger partial charge in [0.2, 0.25) is 0 Å². The van der Waals surface area contributed by atoms with E-state index in [1.165, 1.54) is 0 Å². The molecular formula is C11H15N3O2. The van der Waals surface area contributed by atoms with Gasteiger partial charge in [0, 0.05) is 18.4 Å². The third-order valence-electron chi connectivity index (χ3n) is 2.83. The first kappa shape index (κ1) is 10.9. The van der Waals surface area contributed by atoms with Crippen molar-refractivity contribution in [1.82, 2.24) is 9.97 Å². The lowest BCUT2D eigenvalue weighted by Crippen LogP contribution is -2.52. The predicted molar refractivity (Wildman–Crippen MR) is 59.2 cm³/mol. The molecule has 1 heterocycles. The standard InChI is InChI=1S/C11H15N3O2/c1-11(2,10(15)16)14(8-3-4-8)9-7-12-5-6-13-9/h5-8H,3-4H2,1-2H3,(H,15,16). The molecule has 1 fully saturated rings. The summed E-state index contributed by atoms with van der Waals surface area (Å²) in [5, 5.41) is 9.26. The molecule has 1 aliphatic rings. The van der Waals surface area contributed by atoms with Gasteiger partial charge in [-0.1, -0.05) is 0 Å². The number of anilines is 1. The van der Waals surface area contributed by atoms with E-state index >= 15 is 0 Å². The molecule has 2 rings (SSSR count). The van der Waals surface area contributed by atoms with Gasteiger partial charge < -0.3 is 10.0 Å². The molecule has 0 amide bonds. The number of aliphatic carboxylic acids is 1. The predicted octanol–water partition coefficient (Wildman–Crippen LogP) is 1.31. The van der Waals surface area contributed by atoms with Crippen molar-refractivity contribution in [2.45, 2.75) is 38.3 Å². The summed E-state index contributed by atoms with van der Waals surface area (Å²) in [7, 11) is 0. The molecule has 0 aliphatic heterocycles. The van der Waals surface area contributed by atoms with E-state index in [4.69, 9.17) is 0 Å². The second-order valence-electron chi connectivity index (χ2n) is 4.53. The average Bonchev–Trinajstić information content (AvgIpc) is 3.03. The highest BCUT2D eigenvalue weighted by Gasteiger charge is 2.43. The summed E-state index contributed by atoms with van der Waals surface area (Å²) in [6.45, 7) is 3.39. The maximum absolute atomic E-state index is 11.3. The van der Waals surface area contributed by atoms with Crippen molar-refractivity contribution >= 4 is 11.8 Å². The Balaban J connectivity index is 2.35. The Morgan fingerprint density at radius 3 is 2.62 bits per heavy atom. The minimum Gasteiger partial charge on any atom is -0.480 e. The summed E-state index contributed by atoms with van der Waals surface area (Å²) >= 11 is 0. The average molecular weight is 221 g/mol. The van der Waals surface area contributed by atoms with Gasteiger partial charge in [-0.25, -0.2) is 9.78 Å². The molecule has 0 radical (unpaired) electrons. The number of rotatable bonds is 4. The molecule has 86 valence electrons. The molecule has 5 heteroatoms. The molecule has 0 spiro atoms. The summed E-state index contributed by atoms with van der Waals surface area (Å²) in [5.41, 5.74) is -0.947. The molecule has 0 unspecified atom stereocenters. The number of carboxylic acid groups (broad SMARTS) is 1. The van der Waals surface area contributed by atoms with Crippen LogP contribution < -0.4 is 4.90 Å². The Hall–Kier alpha value is -1.65. The lowest BCUT2D eigenvalue weighted by molar-refractivity contribution is -0.142. The van der Waals surface area contributed by atoms with Gasteiger partial charge in [0.05, 0.1) is 6.20 Å². The van der Waals surface area contributed by atoms with Crippen LogP contribution in [0.1, 0.15) is 26.7 Å². The van der Waals surface area contributed by atoms with Crippen molar-refractivity contribution in [2.24, 2.45) is 0 Å². The lowest BCUT2D eigenvalue weighted by Gasteiger charge is -2.36. The van der Waals surface area contributed by atoms with Gasteiger partial charge in [0.1, 0.15) is 11.4 Å². The zero-order valence-corrected chi connectivity index (χ0v) is 9.42. The van der Waals surface area contributed by atoms with Crippen LogP contribution >= 0.6 is 0 Å². The van der Waals surface area contributed by atoms with Crippen LogP contribution in [0.15, 0.2) is 18.6 Å². The quantitative estimate of drug-likeness (QED) is 0.830. The first-order chi connectivity index (χ1) is 7.53. The second-order valence-corrected chi connectivity index (χ2v) is 4.53. The van der Waals surface area contributed by atoms with Gasteiger partial charge in [-0.15, -0.1) is 0 Å². The molecule has 0 atom stereocenters. The maximum Gasteiger partial charge on any atom is 0.329 e. The van der Waals surface area contributed by atoms with Crippen LogP contribution in [-0.4, -0.2) is 32.6 Å². The molecule has 1 aliphatic carbocycles. The Morgan fingerprint density at radius 1 is 1.50 bits per heavy atom. The van der Waals surface area contributed by atoms with Crippen molar-refractivity contribution in [3.05, 3.63) is 18.6 Å². The molecule has 5 nitrogen and oxygen atoms in total. The monoisotopic (exact) mass is 221 g/mol. The number of carbonyl (C=O) groups is 1. The Labute approximate surface area is 94.1 Å². The zero-order valence-electron chi connectivity index (χ0n) is 9.42. The third kappa shape index (κ3) is 1.85. The SMILES string of the molecule is CC(C)(C(=O)O)N(c1cnccn1)C1CC1. The van der Waals surface area contributed by atoms with Crippen LogP contribution in [0.25, 0.3) is 0 Å². The van der Waals surface area contributed by atoms with Crippen LogP contribution in [0, 0.1) is 0 Å². The summed E-state index contributed by atoms with van der Waals surface area (Å²) in [6, 6.07) is 0.280. The third-order valence-corrected chi connectivity index (χ3v) is 2.83. The minimum atomic E-state index is -0.947. The highest BCUT2D eigenvalue weighted by molar-refractivity contribution is 5.82. The molecule has 1 saturated carbocycles. The second kappa shape index (κ2) is 3.73. The van der Waals surface area contributed by atoms with Gasteiger partial charge in [0.25, 0.3) is 0 Å². The van der Waals surface area contributed by atoms with Crippen LogP contribution in [-0.2, 0) is 4.79 Å². The first-order valence-electron chi connectivity index (χ1n) is 5.32. The van der Waals surface area contributed by atoms with Gasteiger partial charge in [-0.2, -0.15) is 0 Å². The van der Waals surface area contributed by atoms with E-state index in [1.807, 2.05) is 4.90 Å². The number of hydrogen-bond acceptors (Lipinski definition) is 4. The first-order valence-corrected chi connectivity index (χ1v) is 5.32. The fourth-order valence-corrected chi connectivity index (χ4v) is 1.78. The van der Waals surface area contributed by atoms with Crippen molar-refractivity contribution in [3.63, 3.8) is 0 Å². The molecule has 1 aromatic heterocycles. The normalized spacial score (nSPS) is 15.9. The summed E-state index contributed by atoms with van der Waals surface area (Å²) in [5.74, 6) is -0.206. The molecular weight excluding hydrogens is 206 g/mol. The van der Waals surface area contributed by atoms with Crippen molar-refractivity contribution in [2.75, 3.05) is 4.90 Å². The van der Waals surface area contributed by atoms with Crippen LogP contribution in [0.2, 0.25) is 0 Å². The largest absolute Gasteiger partial charge is 0.480 e. The topological polar surface area (TPSA) is 66.3 Å². The van der Waals surface area contributed by atoms with Crippen molar-refractivity contribution in [1.29, 1.82) is 0 Å². The fraction of sp³-hybridized carbons (Fsp3) is 0.545. The zero-order chi connectivity index (χ0) is 11.8. The Morgan fingerprint density at radius 2 is 2.19 bits per heavy atom. The molecule has 1 aromatic rings. The van der Waals surface area contributed by atoms with Gasteiger partial charge in [-0.3, -0.25) is 4.98 Å². The van der Waals surface area contributed by atoms with Crippen molar-refractivity contribution < 1.29 is 9.90 Å². The Bertz CT molecular complexity index is 387. The minimum absolute atomic E-state index is 0.280. The van der Waals surface area contributed by atoms with Crippen LogP contribution in [0.3, 0.4) is 0 Å². The molecule has 0 aromatic carbocycles. The summed E-state index contributed by atoms with van der Waals surface area (Å²) in [6.07, 6.45) is 6.83. The summed E-state index contributed by atoms with van der Waals surface area (Å²) in [4.78, 5) is 21.3. The smallest absolute Gasteiger partial charge is 0.329 e. The fourth-order valence-electron chi connectivity index (χ4n) is 1.78. The van der Waals surface area contributed by atoms with E-state index in [0.717, 1.165) is 12.8 Å². The summed E-state index contributed by atoms with van der Waals surface area (Å²) < 4.78 is 0. The maximum atomic E-state index is 11.3. The van der Waals surface area contributed by atoms with Gasteiger partial charge in [-0.05, 0) is 26.7 Å². The number of nitrogens with zero attached hydrogens (tertiary/aromatic N) is 3. The number of carboxylic acids is 1. The highest BCUT2D eigenvalue weighted by atomic mass is 16.4. The van der Waals surface area contributed by atoms with Crippen molar-refractivity contribution in [3.8, 4) is 0 Å². The lowest BCUT2D eigenvalue weighted by atomic mass is 10.0. The van der Waals surface area contributed by atoms with Gasteiger partial charge in [0.15, 0.2) is 0 Å². The van der Waals surface area contributed by atoms with E-state index in [9.17, 15) is 9.90 Å². The van der Waals surface area contributed by atoms with E-state index in [1.54, 1.807) is 32.4 Å². The van der Waals surface area contributed by atoms with E-state index < -0.39 is 11.5 Å². The molecule has 0 bridgehead atoms. The highest BCUT2D eigenvalue weighted by Crippen LogP contribution is 2.36. The Kier molecular flexibility index (Phi) is 2.53. The molecule has 16 heavy (non-hydrogen) atoms. The van der Waals surface area contributed by atoms with E-state index in [-0.39, 0.29) is 6.04 Å². The van der Waals surface area contributed by atoms with E-state index in [2.05, 4.69) is 9.97 Å².